The predicted octanol–water partition coefficient (Wildman–Crippen LogP) is 3.85. The molecule has 0 bridgehead atoms. The zero-order chi connectivity index (χ0) is 13.8. The number of aliphatic hydroxyl groups excluding tert-OH is 1. The SMILES string of the molecule is COc1cccc(Oc2ccccc2C)c1[C@H](C)O. The molecule has 0 unspecified atom stereocenters. The van der Waals surface area contributed by atoms with Crippen molar-refractivity contribution in [3.63, 3.8) is 0 Å². The van der Waals surface area contributed by atoms with E-state index in [4.69, 9.17) is 9.47 Å². The summed E-state index contributed by atoms with van der Waals surface area (Å²) in [6.45, 7) is 3.68. The molecular weight excluding hydrogens is 240 g/mol. The second-order valence-electron chi connectivity index (χ2n) is 4.42. The quantitative estimate of drug-likeness (QED) is 0.905. The molecule has 0 radical (unpaired) electrons. The van der Waals surface area contributed by atoms with Gasteiger partial charge in [0, 0.05) is 0 Å². The van der Waals surface area contributed by atoms with Crippen molar-refractivity contribution in [2.24, 2.45) is 0 Å². The van der Waals surface area contributed by atoms with E-state index >= 15 is 0 Å². The Hall–Kier alpha value is -2.00. The highest BCUT2D eigenvalue weighted by atomic mass is 16.5. The molecule has 0 spiro atoms. The minimum atomic E-state index is -0.657. The first-order valence-corrected chi connectivity index (χ1v) is 6.22. The van der Waals surface area contributed by atoms with Gasteiger partial charge in [-0.3, -0.25) is 0 Å². The molecule has 0 aliphatic carbocycles. The fourth-order valence-electron chi connectivity index (χ4n) is 1.99. The number of benzene rings is 2. The average molecular weight is 258 g/mol. The van der Waals surface area contributed by atoms with Crippen LogP contribution in [0.2, 0.25) is 0 Å². The van der Waals surface area contributed by atoms with Crippen molar-refractivity contribution in [1.82, 2.24) is 0 Å². The molecule has 3 nitrogen and oxygen atoms in total. The normalized spacial score (nSPS) is 12.0. The smallest absolute Gasteiger partial charge is 0.136 e. The molecule has 3 heteroatoms. The Morgan fingerprint density at radius 1 is 0.947 bits per heavy atom. The lowest BCUT2D eigenvalue weighted by Gasteiger charge is -2.17. The van der Waals surface area contributed by atoms with Gasteiger partial charge in [0.15, 0.2) is 0 Å². The molecule has 0 aliphatic heterocycles. The second-order valence-corrected chi connectivity index (χ2v) is 4.42. The third-order valence-electron chi connectivity index (χ3n) is 2.98. The number of ether oxygens (including phenoxy) is 2. The molecule has 0 aromatic heterocycles. The number of hydrogen-bond donors (Lipinski definition) is 1. The van der Waals surface area contributed by atoms with Crippen LogP contribution in [0.3, 0.4) is 0 Å². The summed E-state index contributed by atoms with van der Waals surface area (Å²) in [5.41, 5.74) is 1.70. The van der Waals surface area contributed by atoms with Crippen molar-refractivity contribution in [3.8, 4) is 17.2 Å². The third kappa shape index (κ3) is 2.88. The number of methoxy groups -OCH3 is 1. The van der Waals surface area contributed by atoms with Crippen LogP contribution in [0, 0.1) is 6.92 Å². The van der Waals surface area contributed by atoms with E-state index in [9.17, 15) is 5.11 Å². The fraction of sp³-hybridized carbons (Fsp3) is 0.250. The van der Waals surface area contributed by atoms with Crippen molar-refractivity contribution >= 4 is 0 Å². The number of rotatable bonds is 4. The maximum absolute atomic E-state index is 9.90. The maximum atomic E-state index is 9.90. The molecule has 1 N–H and O–H groups in total. The lowest BCUT2D eigenvalue weighted by Crippen LogP contribution is -2.00. The van der Waals surface area contributed by atoms with Gasteiger partial charge in [-0.25, -0.2) is 0 Å². The van der Waals surface area contributed by atoms with Crippen LogP contribution >= 0.6 is 0 Å². The largest absolute Gasteiger partial charge is 0.496 e. The Morgan fingerprint density at radius 3 is 2.21 bits per heavy atom. The van der Waals surface area contributed by atoms with Crippen LogP contribution in [-0.2, 0) is 0 Å². The number of aliphatic hydroxyl groups is 1. The number of para-hydroxylation sites is 1. The van der Waals surface area contributed by atoms with Gasteiger partial charge in [0.05, 0.1) is 18.8 Å². The molecule has 0 amide bonds. The summed E-state index contributed by atoms with van der Waals surface area (Å²) in [4.78, 5) is 0. The molecule has 19 heavy (non-hydrogen) atoms. The van der Waals surface area contributed by atoms with Gasteiger partial charge >= 0.3 is 0 Å². The fourth-order valence-corrected chi connectivity index (χ4v) is 1.99. The van der Waals surface area contributed by atoms with E-state index in [-0.39, 0.29) is 0 Å². The van der Waals surface area contributed by atoms with Gasteiger partial charge in [-0.2, -0.15) is 0 Å². The molecule has 1 atom stereocenters. The zero-order valence-electron chi connectivity index (χ0n) is 11.4. The van der Waals surface area contributed by atoms with Crippen LogP contribution in [0.1, 0.15) is 24.2 Å². The Morgan fingerprint density at radius 2 is 1.58 bits per heavy atom. The summed E-state index contributed by atoms with van der Waals surface area (Å²) in [5.74, 6) is 2.02. The minimum Gasteiger partial charge on any atom is -0.496 e. The van der Waals surface area contributed by atoms with Crippen molar-refractivity contribution in [2.75, 3.05) is 7.11 Å². The van der Waals surface area contributed by atoms with Gasteiger partial charge in [0.1, 0.15) is 17.2 Å². The van der Waals surface area contributed by atoms with Crippen LogP contribution < -0.4 is 9.47 Å². The molecule has 100 valence electrons. The molecule has 2 aromatic rings. The highest BCUT2D eigenvalue weighted by Gasteiger charge is 2.16. The van der Waals surface area contributed by atoms with Crippen LogP contribution in [-0.4, -0.2) is 12.2 Å². The third-order valence-corrected chi connectivity index (χ3v) is 2.98. The van der Waals surface area contributed by atoms with E-state index in [0.29, 0.717) is 17.1 Å². The Bertz CT molecular complexity index is 562. The highest BCUT2D eigenvalue weighted by molar-refractivity contribution is 5.48. The number of hydrogen-bond acceptors (Lipinski definition) is 3. The summed E-state index contributed by atoms with van der Waals surface area (Å²) in [5, 5.41) is 9.90. The van der Waals surface area contributed by atoms with E-state index < -0.39 is 6.10 Å². The first kappa shape index (κ1) is 13.4. The van der Waals surface area contributed by atoms with E-state index in [1.165, 1.54) is 0 Å². The maximum Gasteiger partial charge on any atom is 0.136 e. The minimum absolute atomic E-state index is 0.614. The molecule has 2 rings (SSSR count). The predicted molar refractivity (Wildman–Crippen MR) is 74.9 cm³/mol. The number of aryl methyl sites for hydroxylation is 1. The van der Waals surface area contributed by atoms with Gasteiger partial charge in [-0.15, -0.1) is 0 Å². The van der Waals surface area contributed by atoms with Crippen LogP contribution in [0.4, 0.5) is 0 Å². The van der Waals surface area contributed by atoms with Crippen molar-refractivity contribution in [3.05, 3.63) is 53.6 Å². The Balaban J connectivity index is 2.43. The first-order chi connectivity index (χ1) is 9.13. The van der Waals surface area contributed by atoms with E-state index in [1.54, 1.807) is 14.0 Å². The molecule has 0 aliphatic rings. The van der Waals surface area contributed by atoms with E-state index in [0.717, 1.165) is 11.3 Å². The van der Waals surface area contributed by atoms with Crippen molar-refractivity contribution < 1.29 is 14.6 Å². The first-order valence-electron chi connectivity index (χ1n) is 6.22. The van der Waals surface area contributed by atoms with Gasteiger partial charge in [-0.1, -0.05) is 24.3 Å². The molecule has 0 saturated carbocycles. The van der Waals surface area contributed by atoms with E-state index in [1.807, 2.05) is 49.4 Å². The monoisotopic (exact) mass is 258 g/mol. The average Bonchev–Trinajstić information content (AvgIpc) is 2.40. The second kappa shape index (κ2) is 5.76. The topological polar surface area (TPSA) is 38.7 Å². The Kier molecular flexibility index (Phi) is 4.07. The van der Waals surface area contributed by atoms with Crippen molar-refractivity contribution in [2.45, 2.75) is 20.0 Å². The van der Waals surface area contributed by atoms with Gasteiger partial charge in [0.25, 0.3) is 0 Å². The van der Waals surface area contributed by atoms with Crippen LogP contribution in [0.25, 0.3) is 0 Å². The molecule has 2 aromatic carbocycles. The van der Waals surface area contributed by atoms with Crippen LogP contribution in [0.15, 0.2) is 42.5 Å². The van der Waals surface area contributed by atoms with Crippen LogP contribution in [0.5, 0.6) is 17.2 Å². The summed E-state index contributed by atoms with van der Waals surface area (Å²) in [7, 11) is 1.58. The van der Waals surface area contributed by atoms with Gasteiger partial charge < -0.3 is 14.6 Å². The summed E-state index contributed by atoms with van der Waals surface area (Å²) in [6, 6.07) is 13.3. The van der Waals surface area contributed by atoms with Crippen molar-refractivity contribution in [1.29, 1.82) is 0 Å². The lowest BCUT2D eigenvalue weighted by molar-refractivity contribution is 0.190. The molecule has 0 heterocycles. The summed E-state index contributed by atoms with van der Waals surface area (Å²) >= 11 is 0. The summed E-state index contributed by atoms with van der Waals surface area (Å²) < 4.78 is 11.2. The molecule has 0 fully saturated rings. The zero-order valence-corrected chi connectivity index (χ0v) is 11.4. The van der Waals surface area contributed by atoms with Gasteiger partial charge in [0.2, 0.25) is 0 Å². The van der Waals surface area contributed by atoms with Gasteiger partial charge in [-0.05, 0) is 37.6 Å². The summed E-state index contributed by atoms with van der Waals surface area (Å²) in [6.07, 6.45) is -0.657. The molecule has 0 saturated heterocycles. The highest BCUT2D eigenvalue weighted by Crippen LogP contribution is 2.37. The lowest BCUT2D eigenvalue weighted by atomic mass is 10.1. The van der Waals surface area contributed by atoms with E-state index in [2.05, 4.69) is 0 Å². The molecular formula is C16H18O3. The standard InChI is InChI=1S/C16H18O3/c1-11-7-4-5-8-13(11)19-15-10-6-9-14(18-3)16(15)12(2)17/h4-10,12,17H,1-3H3/t12-/m0/s1. The Labute approximate surface area is 113 Å².